The van der Waals surface area contributed by atoms with Crippen molar-refractivity contribution in [2.75, 3.05) is 5.73 Å². The smallest absolute Gasteiger partial charge is 0.124 e. The first-order chi connectivity index (χ1) is 11.7. The van der Waals surface area contributed by atoms with Crippen molar-refractivity contribution >= 4 is 17.4 Å². The quantitative estimate of drug-likeness (QED) is 0.678. The molecule has 0 radical (unpaired) electrons. The average Bonchev–Trinajstić information content (AvgIpc) is 2.61. The first kappa shape index (κ1) is 17.3. The maximum absolute atomic E-state index is 6.29. The van der Waals surface area contributed by atoms with Crippen LogP contribution in [-0.2, 0) is 0 Å². The third kappa shape index (κ3) is 4.10. The molecule has 3 heteroatoms. The zero-order valence-corrected chi connectivity index (χ0v) is 15.2. The number of nitrogens with two attached hydrogens (primary N) is 1. The number of halogens is 1. The van der Waals surface area contributed by atoms with Crippen LogP contribution in [0, 0.1) is 5.92 Å². The van der Waals surface area contributed by atoms with Gasteiger partial charge in [-0.15, -0.1) is 0 Å². The van der Waals surface area contributed by atoms with Crippen molar-refractivity contribution in [1.29, 1.82) is 0 Å². The number of rotatable bonds is 5. The van der Waals surface area contributed by atoms with Gasteiger partial charge in [-0.25, -0.2) is 4.98 Å². The number of unbranched alkanes of at least 4 members (excludes halogenated alkanes) is 1. The van der Waals surface area contributed by atoms with Crippen LogP contribution >= 0.6 is 11.6 Å². The second-order valence-corrected chi connectivity index (χ2v) is 7.48. The van der Waals surface area contributed by atoms with Crippen LogP contribution in [0.5, 0.6) is 0 Å². The second-order valence-electron chi connectivity index (χ2n) is 7.07. The van der Waals surface area contributed by atoms with E-state index in [0.717, 1.165) is 23.0 Å². The molecule has 1 fully saturated rings. The molecule has 128 valence electrons. The maximum atomic E-state index is 6.29. The Morgan fingerprint density at radius 3 is 2.46 bits per heavy atom. The highest BCUT2D eigenvalue weighted by molar-refractivity contribution is 6.33. The van der Waals surface area contributed by atoms with Crippen molar-refractivity contribution in [3.8, 4) is 11.1 Å². The minimum Gasteiger partial charge on any atom is -0.384 e. The summed E-state index contributed by atoms with van der Waals surface area (Å²) in [5.74, 6) is 2.14. The molecule has 0 spiro atoms. The molecule has 1 aromatic heterocycles. The van der Waals surface area contributed by atoms with Crippen LogP contribution in [0.25, 0.3) is 11.1 Å². The molecule has 0 saturated heterocycles. The molecular formula is C21H27ClN2. The standard InChI is InChI=1S/C21H27ClN2/c1-2-3-4-15-5-7-16(8-6-15)17-9-11-18(12-10-17)19-14-24-21(23)13-20(19)22/h9-16H,2-8H2,1H3,(H2,23,24). The summed E-state index contributed by atoms with van der Waals surface area (Å²) in [7, 11) is 0. The van der Waals surface area contributed by atoms with Crippen LogP contribution in [0.4, 0.5) is 5.82 Å². The Bertz CT molecular complexity index is 658. The average molecular weight is 343 g/mol. The molecule has 24 heavy (non-hydrogen) atoms. The molecule has 2 aromatic rings. The number of hydrogen-bond acceptors (Lipinski definition) is 2. The molecule has 1 heterocycles. The van der Waals surface area contributed by atoms with Gasteiger partial charge in [0.2, 0.25) is 0 Å². The predicted molar refractivity (Wildman–Crippen MR) is 103 cm³/mol. The summed E-state index contributed by atoms with van der Waals surface area (Å²) in [4.78, 5) is 4.15. The highest BCUT2D eigenvalue weighted by Crippen LogP contribution is 2.38. The second kappa shape index (κ2) is 8.02. The van der Waals surface area contributed by atoms with Gasteiger partial charge in [0.05, 0.1) is 5.02 Å². The Morgan fingerprint density at radius 2 is 1.83 bits per heavy atom. The normalized spacial score (nSPS) is 20.9. The molecule has 1 aliphatic rings. The van der Waals surface area contributed by atoms with Gasteiger partial charge in [-0.3, -0.25) is 0 Å². The van der Waals surface area contributed by atoms with Crippen molar-refractivity contribution in [2.45, 2.75) is 57.8 Å². The summed E-state index contributed by atoms with van der Waals surface area (Å²) >= 11 is 6.29. The Labute approximate surface area is 150 Å². The van der Waals surface area contributed by atoms with E-state index in [-0.39, 0.29) is 0 Å². The van der Waals surface area contributed by atoms with Gasteiger partial charge in [0.1, 0.15) is 5.82 Å². The van der Waals surface area contributed by atoms with E-state index in [1.807, 2.05) is 0 Å². The summed E-state index contributed by atoms with van der Waals surface area (Å²) in [6.45, 7) is 2.29. The highest BCUT2D eigenvalue weighted by atomic mass is 35.5. The van der Waals surface area contributed by atoms with E-state index in [9.17, 15) is 0 Å². The van der Waals surface area contributed by atoms with E-state index < -0.39 is 0 Å². The SMILES string of the molecule is CCCCC1CCC(c2ccc(-c3cnc(N)cc3Cl)cc2)CC1. The van der Waals surface area contributed by atoms with Gasteiger partial charge in [-0.2, -0.15) is 0 Å². The van der Waals surface area contributed by atoms with Crippen LogP contribution in [0.15, 0.2) is 36.5 Å². The molecule has 0 bridgehead atoms. The van der Waals surface area contributed by atoms with Crippen molar-refractivity contribution in [2.24, 2.45) is 5.92 Å². The summed E-state index contributed by atoms with van der Waals surface area (Å²) in [5.41, 5.74) is 9.19. The van der Waals surface area contributed by atoms with E-state index in [2.05, 4.69) is 36.2 Å². The minimum absolute atomic E-state index is 0.459. The predicted octanol–water partition coefficient (Wildman–Crippen LogP) is 6.45. The topological polar surface area (TPSA) is 38.9 Å². The molecule has 0 aliphatic heterocycles. The van der Waals surface area contributed by atoms with Crippen molar-refractivity contribution in [3.05, 3.63) is 47.1 Å². The summed E-state index contributed by atoms with van der Waals surface area (Å²) < 4.78 is 0. The van der Waals surface area contributed by atoms with Gasteiger partial charge in [-0.1, -0.05) is 62.1 Å². The van der Waals surface area contributed by atoms with Crippen LogP contribution in [0.3, 0.4) is 0 Å². The third-order valence-corrected chi connectivity index (χ3v) is 5.69. The Hall–Kier alpha value is -1.54. The summed E-state index contributed by atoms with van der Waals surface area (Å²) in [6.07, 6.45) is 11.3. The molecule has 1 saturated carbocycles. The number of benzene rings is 1. The molecule has 0 amide bonds. The summed E-state index contributed by atoms with van der Waals surface area (Å²) in [5, 5.41) is 0.659. The van der Waals surface area contributed by atoms with Gasteiger partial charge in [0, 0.05) is 11.8 Å². The first-order valence-electron chi connectivity index (χ1n) is 9.18. The number of nitrogen functional groups attached to an aromatic ring is 1. The van der Waals surface area contributed by atoms with Crippen LogP contribution in [0.2, 0.25) is 5.02 Å². The van der Waals surface area contributed by atoms with Gasteiger partial charge < -0.3 is 5.73 Å². The van der Waals surface area contributed by atoms with Gasteiger partial charge in [0.15, 0.2) is 0 Å². The van der Waals surface area contributed by atoms with Crippen LogP contribution in [-0.4, -0.2) is 4.98 Å². The lowest BCUT2D eigenvalue weighted by atomic mass is 9.77. The number of pyridine rings is 1. The molecule has 0 atom stereocenters. The maximum Gasteiger partial charge on any atom is 0.124 e. The number of aromatic nitrogens is 1. The van der Waals surface area contributed by atoms with Crippen LogP contribution < -0.4 is 5.73 Å². The Kier molecular flexibility index (Phi) is 5.78. The number of anilines is 1. The van der Waals surface area contributed by atoms with E-state index in [1.54, 1.807) is 12.3 Å². The molecule has 0 unspecified atom stereocenters. The fraction of sp³-hybridized carbons (Fsp3) is 0.476. The first-order valence-corrected chi connectivity index (χ1v) is 9.56. The molecule has 2 nitrogen and oxygen atoms in total. The van der Waals surface area contributed by atoms with Crippen LogP contribution in [0.1, 0.15) is 63.4 Å². The zero-order chi connectivity index (χ0) is 16.9. The molecular weight excluding hydrogens is 316 g/mol. The Balaban J connectivity index is 1.65. The lowest BCUT2D eigenvalue weighted by Gasteiger charge is -2.29. The summed E-state index contributed by atoms with van der Waals surface area (Å²) in [6, 6.07) is 10.6. The van der Waals surface area contributed by atoms with E-state index in [4.69, 9.17) is 17.3 Å². The molecule has 2 N–H and O–H groups in total. The lowest BCUT2D eigenvalue weighted by Crippen LogP contribution is -2.13. The van der Waals surface area contributed by atoms with Crippen molar-refractivity contribution in [1.82, 2.24) is 4.98 Å². The molecule has 3 rings (SSSR count). The van der Waals surface area contributed by atoms with Gasteiger partial charge in [0.25, 0.3) is 0 Å². The van der Waals surface area contributed by atoms with Gasteiger partial charge in [-0.05, 0) is 54.7 Å². The van der Waals surface area contributed by atoms with Crippen molar-refractivity contribution in [3.63, 3.8) is 0 Å². The number of hydrogen-bond donors (Lipinski definition) is 1. The van der Waals surface area contributed by atoms with Gasteiger partial charge >= 0.3 is 0 Å². The Morgan fingerprint density at radius 1 is 1.12 bits per heavy atom. The fourth-order valence-electron chi connectivity index (χ4n) is 3.87. The highest BCUT2D eigenvalue weighted by Gasteiger charge is 2.22. The number of nitrogens with zero attached hydrogens (tertiary/aromatic N) is 1. The third-order valence-electron chi connectivity index (χ3n) is 5.38. The van der Waals surface area contributed by atoms with Crippen molar-refractivity contribution < 1.29 is 0 Å². The van der Waals surface area contributed by atoms with E-state index in [1.165, 1.54) is 50.5 Å². The minimum atomic E-state index is 0.459. The molecule has 1 aromatic carbocycles. The van der Waals surface area contributed by atoms with E-state index in [0.29, 0.717) is 10.8 Å². The monoisotopic (exact) mass is 342 g/mol. The fourth-order valence-corrected chi connectivity index (χ4v) is 4.14. The largest absolute Gasteiger partial charge is 0.384 e. The zero-order valence-electron chi connectivity index (χ0n) is 14.5. The van der Waals surface area contributed by atoms with E-state index >= 15 is 0 Å². The lowest BCUT2D eigenvalue weighted by molar-refractivity contribution is 0.304. The molecule has 1 aliphatic carbocycles.